The number of aromatic nitrogens is 6. The molecular weight excluding hydrogens is 1100 g/mol. The van der Waals surface area contributed by atoms with Crippen molar-refractivity contribution in [2.75, 3.05) is 32.7 Å². The van der Waals surface area contributed by atoms with Gasteiger partial charge in [0.15, 0.2) is 11.6 Å². The number of aryl methyl sites for hydroxylation is 3. The Hall–Kier alpha value is -10.3. The molecule has 5 heterocycles. The number of para-hydroxylation sites is 6. The Balaban J connectivity index is 0.694. The third-order valence-corrected chi connectivity index (χ3v) is 18.3. The fraction of sp³-hybridized carbons (Fsp3) is 0.219. The molecule has 0 radical (unpaired) electrons. The van der Waals surface area contributed by atoms with Crippen molar-refractivity contribution in [2.45, 2.75) is 64.6 Å². The van der Waals surface area contributed by atoms with Gasteiger partial charge in [0.25, 0.3) is 23.6 Å². The van der Waals surface area contributed by atoms with E-state index in [9.17, 15) is 28.8 Å². The van der Waals surface area contributed by atoms with Gasteiger partial charge in [0.1, 0.15) is 17.5 Å². The van der Waals surface area contributed by atoms with Gasteiger partial charge in [-0.3, -0.25) is 38.6 Å². The van der Waals surface area contributed by atoms with Gasteiger partial charge in [0, 0.05) is 121 Å². The van der Waals surface area contributed by atoms with Crippen molar-refractivity contribution in [2.24, 2.45) is 5.92 Å². The molecule has 0 atom stereocenters. The van der Waals surface area contributed by atoms with Crippen LogP contribution in [-0.2, 0) is 38.9 Å². The lowest BCUT2D eigenvalue weighted by atomic mass is 9.78. The predicted molar refractivity (Wildman–Crippen MR) is 340 cm³/mol. The number of rotatable bonds is 21. The van der Waals surface area contributed by atoms with Crippen LogP contribution in [0.1, 0.15) is 105 Å². The standard InChI is InChI=1S/C73H61N9O6/c83-68-49-22-7-16-46-17-8-23-50(65(46)49)69(84)55(68)28-13-38-78-59-32-4-1-29-56(59)74-62(78)35-43-77(44-36-63-75-57-30-2-5-33-60(57)79(63)39-14-41-81-70(85)51-24-9-18-47-19-10-25-52(66(47)51)71(81)86)45-37-64-76-58-31-3-6-34-61(58)80(64)40-15-42-82-72(87)53-26-11-20-48-21-12-27-54(67(48)53)73(82)88/h1-12,16-27,29-34,55H,13-15,28,35-45H2. The van der Waals surface area contributed by atoms with Gasteiger partial charge < -0.3 is 18.6 Å². The van der Waals surface area contributed by atoms with E-state index in [4.69, 9.17) is 15.0 Å². The molecule has 15 heteroatoms. The second kappa shape index (κ2) is 22.5. The summed E-state index contributed by atoms with van der Waals surface area (Å²) < 4.78 is 6.72. The lowest BCUT2D eigenvalue weighted by Crippen LogP contribution is -2.41. The van der Waals surface area contributed by atoms with E-state index < -0.39 is 5.92 Å². The highest BCUT2D eigenvalue weighted by molar-refractivity contribution is 6.29. The van der Waals surface area contributed by atoms with Gasteiger partial charge in [-0.1, -0.05) is 121 Å². The fourth-order valence-electron chi connectivity index (χ4n) is 14.1. The van der Waals surface area contributed by atoms with Crippen LogP contribution in [0.4, 0.5) is 0 Å². The maximum atomic E-state index is 14.0. The smallest absolute Gasteiger partial charge is 0.261 e. The van der Waals surface area contributed by atoms with E-state index >= 15 is 0 Å². The highest BCUT2D eigenvalue weighted by Crippen LogP contribution is 2.36. The van der Waals surface area contributed by atoms with Gasteiger partial charge in [0.05, 0.1) is 39.0 Å². The molecule has 2 aliphatic heterocycles. The number of Topliss-reactive ketones (excluding diaryl/α,β-unsaturated/α-hetero) is 2. The maximum Gasteiger partial charge on any atom is 0.261 e. The molecule has 0 bridgehead atoms. The highest BCUT2D eigenvalue weighted by atomic mass is 16.2. The van der Waals surface area contributed by atoms with Crippen LogP contribution in [0.5, 0.6) is 0 Å². The van der Waals surface area contributed by atoms with Crippen LogP contribution in [-0.4, -0.2) is 111 Å². The van der Waals surface area contributed by atoms with E-state index in [1.54, 1.807) is 24.3 Å². The number of fused-ring (bicyclic) bond motifs is 3. The number of hydrogen-bond acceptors (Lipinski definition) is 10. The Bertz CT molecular complexity index is 4240. The van der Waals surface area contributed by atoms with Crippen LogP contribution < -0.4 is 0 Å². The minimum Gasteiger partial charge on any atom is -0.328 e. The van der Waals surface area contributed by atoms with Crippen molar-refractivity contribution >= 4 is 101 Å². The second-order valence-electron chi connectivity index (χ2n) is 23.4. The molecule has 0 spiro atoms. The summed E-state index contributed by atoms with van der Waals surface area (Å²) in [6.07, 6.45) is 3.83. The molecule has 88 heavy (non-hydrogen) atoms. The summed E-state index contributed by atoms with van der Waals surface area (Å²) in [5.74, 6) is 0.584. The Morgan fingerprint density at radius 2 is 0.636 bits per heavy atom. The normalized spacial score (nSPS) is 14.3. The monoisotopic (exact) mass is 1160 g/mol. The number of imide groups is 2. The largest absolute Gasteiger partial charge is 0.328 e. The Kier molecular flexibility index (Phi) is 13.9. The van der Waals surface area contributed by atoms with Gasteiger partial charge in [0.2, 0.25) is 0 Å². The summed E-state index contributed by atoms with van der Waals surface area (Å²) in [7, 11) is 0. The van der Waals surface area contributed by atoms with E-state index in [0.717, 1.165) is 72.1 Å². The molecule has 0 N–H and O–H groups in total. The molecule has 15 nitrogen and oxygen atoms in total. The number of benzene rings is 9. The summed E-state index contributed by atoms with van der Waals surface area (Å²) in [6, 6.07) is 58.1. The number of carbonyl (C=O) groups is 6. The number of hydrogen-bond donors (Lipinski definition) is 0. The first-order valence-corrected chi connectivity index (χ1v) is 30.6. The van der Waals surface area contributed by atoms with Gasteiger partial charge >= 0.3 is 0 Å². The van der Waals surface area contributed by atoms with Crippen LogP contribution >= 0.6 is 0 Å². The predicted octanol–water partition coefficient (Wildman–Crippen LogP) is 12.4. The van der Waals surface area contributed by atoms with Gasteiger partial charge in [-0.25, -0.2) is 15.0 Å². The molecule has 1 aliphatic carbocycles. The van der Waals surface area contributed by atoms with Crippen molar-refractivity contribution < 1.29 is 28.8 Å². The van der Waals surface area contributed by atoms with Gasteiger partial charge in [-0.2, -0.15) is 0 Å². The lowest BCUT2D eigenvalue weighted by Gasteiger charge is -2.27. The molecule has 15 rings (SSSR count). The van der Waals surface area contributed by atoms with Gasteiger partial charge in [-0.05, 0) is 103 Å². The number of carbonyl (C=O) groups excluding carboxylic acids is 6. The zero-order valence-corrected chi connectivity index (χ0v) is 48.5. The highest BCUT2D eigenvalue weighted by Gasteiger charge is 2.37. The van der Waals surface area contributed by atoms with Crippen LogP contribution in [0.25, 0.3) is 65.4 Å². The summed E-state index contributed by atoms with van der Waals surface area (Å²) in [6.45, 7) is 4.01. The topological polar surface area (TPSA) is 166 Å². The van der Waals surface area contributed by atoms with E-state index in [1.165, 1.54) is 9.80 Å². The molecule has 3 aliphatic rings. The third-order valence-electron chi connectivity index (χ3n) is 18.3. The zero-order chi connectivity index (χ0) is 59.6. The van der Waals surface area contributed by atoms with E-state index in [2.05, 4.69) is 36.8 Å². The molecule has 12 aromatic rings. The first kappa shape index (κ1) is 54.4. The Labute approximate surface area is 506 Å². The Morgan fingerprint density at radius 3 is 0.989 bits per heavy atom. The van der Waals surface area contributed by atoms with Crippen LogP contribution in [0.3, 0.4) is 0 Å². The molecule has 4 amide bonds. The van der Waals surface area contributed by atoms with E-state index in [0.29, 0.717) is 128 Å². The van der Waals surface area contributed by atoms with Gasteiger partial charge in [-0.15, -0.1) is 0 Å². The summed E-state index contributed by atoms with van der Waals surface area (Å²) >= 11 is 0. The second-order valence-corrected chi connectivity index (χ2v) is 23.4. The summed E-state index contributed by atoms with van der Waals surface area (Å²) in [5, 5.41) is 4.81. The third kappa shape index (κ3) is 9.44. The molecule has 0 fully saturated rings. The molecule has 0 saturated heterocycles. The van der Waals surface area contributed by atoms with Crippen LogP contribution in [0.2, 0.25) is 0 Å². The van der Waals surface area contributed by atoms with Crippen molar-refractivity contribution in [3.8, 4) is 0 Å². The van der Waals surface area contributed by atoms with Crippen LogP contribution in [0.15, 0.2) is 182 Å². The molecule has 434 valence electrons. The van der Waals surface area contributed by atoms with E-state index in [-0.39, 0.29) is 48.3 Å². The maximum absolute atomic E-state index is 14.0. The fourth-order valence-corrected chi connectivity index (χ4v) is 14.1. The number of ketones is 2. The average molecular weight is 1160 g/mol. The molecule has 9 aromatic carbocycles. The SMILES string of the molecule is O=C1c2cccc3cccc(c23)C(=O)C1CCCn1c(CCN(CCc2nc3ccccc3n2CCCN2C(=O)c3cccc4cccc(c34)C2=O)CCc2nc3ccccc3n2CCCN2C(=O)c3cccc4cccc(c34)C2=O)nc2ccccc21. The minimum absolute atomic E-state index is 0.115. The molecule has 0 unspecified atom stereocenters. The summed E-state index contributed by atoms with van der Waals surface area (Å²) in [5.41, 5.74) is 8.95. The molecule has 3 aromatic heterocycles. The van der Waals surface area contributed by atoms with Crippen molar-refractivity contribution in [1.29, 1.82) is 0 Å². The number of imidazole rings is 3. The first-order chi connectivity index (χ1) is 43.2. The number of amides is 4. The number of nitrogens with zero attached hydrogens (tertiary/aromatic N) is 9. The van der Waals surface area contributed by atoms with Crippen molar-refractivity contribution in [1.82, 2.24) is 43.4 Å². The Morgan fingerprint density at radius 1 is 0.330 bits per heavy atom. The summed E-state index contributed by atoms with van der Waals surface area (Å²) in [4.78, 5) is 105. The van der Waals surface area contributed by atoms with E-state index in [1.807, 2.05) is 140 Å². The zero-order valence-electron chi connectivity index (χ0n) is 48.5. The quantitative estimate of drug-likeness (QED) is 0.0499. The lowest BCUT2D eigenvalue weighted by molar-refractivity contribution is 0.0591. The van der Waals surface area contributed by atoms with Crippen molar-refractivity contribution in [3.05, 3.63) is 233 Å². The first-order valence-electron chi connectivity index (χ1n) is 30.6. The molecular formula is C73H61N9O6. The van der Waals surface area contributed by atoms with Crippen molar-refractivity contribution in [3.63, 3.8) is 0 Å². The molecule has 0 saturated carbocycles. The van der Waals surface area contributed by atoms with Crippen LogP contribution in [0, 0.1) is 5.92 Å². The average Bonchev–Trinajstić information content (AvgIpc) is 1.36. The minimum atomic E-state index is -0.757.